The highest BCUT2D eigenvalue weighted by molar-refractivity contribution is 4.92. The lowest BCUT2D eigenvalue weighted by molar-refractivity contribution is -0.0395. The van der Waals surface area contributed by atoms with E-state index in [9.17, 15) is 5.11 Å². The molecule has 0 spiro atoms. The van der Waals surface area contributed by atoms with E-state index in [0.29, 0.717) is 6.61 Å². The quantitative estimate of drug-likeness (QED) is 0.692. The Morgan fingerprint density at radius 2 is 2.00 bits per heavy atom. The van der Waals surface area contributed by atoms with Crippen LogP contribution >= 0.6 is 0 Å². The van der Waals surface area contributed by atoms with Crippen LogP contribution in [0.3, 0.4) is 0 Å². The molecule has 2 nitrogen and oxygen atoms in total. The smallest absolute Gasteiger partial charge is 0.0612 e. The van der Waals surface area contributed by atoms with Crippen molar-refractivity contribution in [3.8, 4) is 0 Å². The lowest BCUT2D eigenvalue weighted by Gasteiger charge is -2.49. The normalized spacial score (nSPS) is 25.0. The number of nitrogens with zero attached hydrogens (tertiary/aromatic N) is 1. The van der Waals surface area contributed by atoms with Gasteiger partial charge in [0.05, 0.1) is 6.61 Å². The molecule has 1 aliphatic rings. The van der Waals surface area contributed by atoms with Gasteiger partial charge in [0.15, 0.2) is 0 Å². The van der Waals surface area contributed by atoms with Crippen LogP contribution in [0.4, 0.5) is 0 Å². The van der Waals surface area contributed by atoms with E-state index in [1.54, 1.807) is 0 Å². The molecular weight excluding hydrogens is 150 g/mol. The molecule has 1 unspecified atom stereocenters. The minimum absolute atomic E-state index is 0.0473. The van der Waals surface area contributed by atoms with Gasteiger partial charge in [-0.25, -0.2) is 0 Å². The summed E-state index contributed by atoms with van der Waals surface area (Å²) in [5, 5.41) is 9.24. The first kappa shape index (κ1) is 10.0. The van der Waals surface area contributed by atoms with Crippen LogP contribution in [0.5, 0.6) is 0 Å². The minimum atomic E-state index is 0.0473. The van der Waals surface area contributed by atoms with Crippen molar-refractivity contribution in [3.05, 3.63) is 0 Å². The Hall–Kier alpha value is -0.0800. The van der Waals surface area contributed by atoms with E-state index in [4.69, 9.17) is 0 Å². The summed E-state index contributed by atoms with van der Waals surface area (Å²) >= 11 is 0. The van der Waals surface area contributed by atoms with Gasteiger partial charge in [-0.05, 0) is 19.3 Å². The Morgan fingerprint density at radius 1 is 1.42 bits per heavy atom. The summed E-state index contributed by atoms with van der Waals surface area (Å²) in [5.41, 5.74) is 0.0473. The average molecular weight is 171 g/mol. The molecule has 1 heterocycles. The molecule has 1 N–H and O–H groups in total. The van der Waals surface area contributed by atoms with Crippen LogP contribution in [0.15, 0.2) is 0 Å². The molecule has 1 aliphatic heterocycles. The molecule has 1 saturated heterocycles. The van der Waals surface area contributed by atoms with Gasteiger partial charge < -0.3 is 5.11 Å². The largest absolute Gasteiger partial charge is 0.394 e. The molecule has 1 fully saturated rings. The molecule has 2 heteroatoms. The fourth-order valence-electron chi connectivity index (χ4n) is 1.70. The van der Waals surface area contributed by atoms with E-state index < -0.39 is 0 Å². The Morgan fingerprint density at radius 3 is 2.33 bits per heavy atom. The van der Waals surface area contributed by atoms with Crippen LogP contribution < -0.4 is 0 Å². The van der Waals surface area contributed by atoms with Gasteiger partial charge in [-0.3, -0.25) is 4.90 Å². The number of hydrogen-bond donors (Lipinski definition) is 1. The molecule has 1 atom stereocenters. The fourth-order valence-corrected chi connectivity index (χ4v) is 1.70. The predicted octanol–water partition coefficient (Wildman–Crippen LogP) is 1.49. The molecule has 0 bridgehead atoms. The van der Waals surface area contributed by atoms with Gasteiger partial charge in [0.25, 0.3) is 0 Å². The SMILES string of the molecule is CCC1CN(C(C)(CC)CO)C1. The molecule has 0 aliphatic carbocycles. The average Bonchev–Trinajstić information content (AvgIpc) is 2.02. The van der Waals surface area contributed by atoms with Crippen LogP contribution in [0.2, 0.25) is 0 Å². The minimum Gasteiger partial charge on any atom is -0.394 e. The van der Waals surface area contributed by atoms with Gasteiger partial charge in [-0.1, -0.05) is 20.3 Å². The van der Waals surface area contributed by atoms with Gasteiger partial charge >= 0.3 is 0 Å². The lowest BCUT2D eigenvalue weighted by Crippen LogP contribution is -2.59. The predicted molar refractivity (Wildman–Crippen MR) is 51.1 cm³/mol. The van der Waals surface area contributed by atoms with Crippen LogP contribution in [0, 0.1) is 5.92 Å². The van der Waals surface area contributed by atoms with Crippen molar-refractivity contribution in [2.24, 2.45) is 5.92 Å². The highest BCUT2D eigenvalue weighted by atomic mass is 16.3. The third-order valence-electron chi connectivity index (χ3n) is 3.40. The summed E-state index contributed by atoms with van der Waals surface area (Å²) < 4.78 is 0. The van der Waals surface area contributed by atoms with Crippen molar-refractivity contribution in [1.29, 1.82) is 0 Å². The summed E-state index contributed by atoms with van der Waals surface area (Å²) in [6.07, 6.45) is 2.32. The monoisotopic (exact) mass is 171 g/mol. The van der Waals surface area contributed by atoms with Gasteiger partial charge in [-0.2, -0.15) is 0 Å². The summed E-state index contributed by atoms with van der Waals surface area (Å²) in [6, 6.07) is 0. The number of aliphatic hydroxyl groups is 1. The summed E-state index contributed by atoms with van der Waals surface area (Å²) in [6.45, 7) is 9.20. The van der Waals surface area contributed by atoms with E-state index >= 15 is 0 Å². The fraction of sp³-hybridized carbons (Fsp3) is 1.00. The maximum Gasteiger partial charge on any atom is 0.0612 e. The number of hydrogen-bond acceptors (Lipinski definition) is 2. The highest BCUT2D eigenvalue weighted by Gasteiger charge is 2.37. The van der Waals surface area contributed by atoms with Crippen LogP contribution in [0.1, 0.15) is 33.6 Å². The zero-order valence-corrected chi connectivity index (χ0v) is 8.51. The third-order valence-corrected chi connectivity index (χ3v) is 3.40. The molecular formula is C10H21NO. The molecule has 1 rings (SSSR count). The molecule has 72 valence electrons. The zero-order chi connectivity index (χ0) is 9.19. The van der Waals surface area contributed by atoms with Gasteiger partial charge in [0.1, 0.15) is 0 Å². The summed E-state index contributed by atoms with van der Waals surface area (Å²) in [4.78, 5) is 2.40. The Labute approximate surface area is 75.6 Å². The van der Waals surface area contributed by atoms with E-state index in [0.717, 1.165) is 12.3 Å². The maximum absolute atomic E-state index is 9.24. The Balaban J connectivity index is 2.39. The maximum atomic E-state index is 9.24. The molecule has 0 amide bonds. The van der Waals surface area contributed by atoms with E-state index in [-0.39, 0.29) is 5.54 Å². The highest BCUT2D eigenvalue weighted by Crippen LogP contribution is 2.29. The van der Waals surface area contributed by atoms with E-state index in [1.165, 1.54) is 19.5 Å². The molecule has 0 saturated carbocycles. The van der Waals surface area contributed by atoms with Crippen molar-refractivity contribution in [3.63, 3.8) is 0 Å². The Bertz CT molecular complexity index is 137. The zero-order valence-electron chi connectivity index (χ0n) is 8.51. The molecule has 12 heavy (non-hydrogen) atoms. The van der Waals surface area contributed by atoms with Crippen LogP contribution in [-0.2, 0) is 0 Å². The first-order chi connectivity index (χ1) is 5.66. The van der Waals surface area contributed by atoms with Crippen molar-refractivity contribution < 1.29 is 5.11 Å². The van der Waals surface area contributed by atoms with Gasteiger partial charge in [0, 0.05) is 18.6 Å². The van der Waals surface area contributed by atoms with Gasteiger partial charge in [-0.15, -0.1) is 0 Å². The second-order valence-corrected chi connectivity index (χ2v) is 4.19. The lowest BCUT2D eigenvalue weighted by atomic mass is 9.87. The topological polar surface area (TPSA) is 23.5 Å². The standard InChI is InChI=1S/C10H21NO/c1-4-9-6-11(7-9)10(3,5-2)8-12/h9,12H,4-8H2,1-3H3. The first-order valence-electron chi connectivity index (χ1n) is 5.02. The Kier molecular flexibility index (Phi) is 3.13. The van der Waals surface area contributed by atoms with Crippen molar-refractivity contribution in [2.75, 3.05) is 19.7 Å². The summed E-state index contributed by atoms with van der Waals surface area (Å²) in [5.74, 6) is 0.877. The van der Waals surface area contributed by atoms with E-state index in [2.05, 4.69) is 25.7 Å². The summed E-state index contributed by atoms with van der Waals surface area (Å²) in [7, 11) is 0. The third kappa shape index (κ3) is 1.64. The second kappa shape index (κ2) is 3.75. The van der Waals surface area contributed by atoms with Gasteiger partial charge in [0.2, 0.25) is 0 Å². The van der Waals surface area contributed by atoms with Crippen LogP contribution in [-0.4, -0.2) is 35.2 Å². The van der Waals surface area contributed by atoms with Crippen molar-refractivity contribution in [1.82, 2.24) is 4.90 Å². The molecule has 0 aromatic heterocycles. The first-order valence-corrected chi connectivity index (χ1v) is 5.02. The van der Waals surface area contributed by atoms with Crippen molar-refractivity contribution >= 4 is 0 Å². The van der Waals surface area contributed by atoms with E-state index in [1.807, 2.05) is 0 Å². The second-order valence-electron chi connectivity index (χ2n) is 4.19. The molecule has 0 aromatic carbocycles. The number of rotatable bonds is 4. The molecule has 0 radical (unpaired) electrons. The van der Waals surface area contributed by atoms with Crippen LogP contribution in [0.25, 0.3) is 0 Å². The van der Waals surface area contributed by atoms with Crippen molar-refractivity contribution in [2.45, 2.75) is 39.2 Å². The number of aliphatic hydroxyl groups excluding tert-OH is 1. The molecule has 0 aromatic rings. The number of likely N-dealkylation sites (tertiary alicyclic amines) is 1.